The molecule has 1 aromatic rings. The summed E-state index contributed by atoms with van der Waals surface area (Å²) in [6, 6.07) is 3.43. The zero-order valence-corrected chi connectivity index (χ0v) is 12.3. The quantitative estimate of drug-likeness (QED) is 0.740. The van der Waals surface area contributed by atoms with Crippen molar-refractivity contribution in [1.29, 1.82) is 0 Å². The SMILES string of the molecule is Cl.N[C@@H](c1cc(Cl)cc(Cl)c1Cl)C1CCCC1. The fourth-order valence-corrected chi connectivity index (χ4v) is 3.13. The molecule has 0 saturated heterocycles. The molecule has 0 radical (unpaired) electrons. The number of hydrogen-bond acceptors (Lipinski definition) is 1. The summed E-state index contributed by atoms with van der Waals surface area (Å²) in [6.45, 7) is 0. The van der Waals surface area contributed by atoms with Crippen LogP contribution in [0.3, 0.4) is 0 Å². The Bertz CT molecular complexity index is 388. The number of halogens is 4. The van der Waals surface area contributed by atoms with Crippen molar-refractivity contribution in [3.63, 3.8) is 0 Å². The van der Waals surface area contributed by atoms with Gasteiger partial charge < -0.3 is 5.73 Å². The minimum absolute atomic E-state index is 0. The zero-order valence-electron chi connectivity index (χ0n) is 9.26. The van der Waals surface area contributed by atoms with Crippen molar-refractivity contribution in [2.24, 2.45) is 11.7 Å². The molecule has 96 valence electrons. The average molecular weight is 315 g/mol. The lowest BCUT2D eigenvalue weighted by Gasteiger charge is -2.21. The lowest BCUT2D eigenvalue weighted by molar-refractivity contribution is 0.445. The van der Waals surface area contributed by atoms with Gasteiger partial charge in [-0.05, 0) is 36.5 Å². The van der Waals surface area contributed by atoms with E-state index < -0.39 is 0 Å². The van der Waals surface area contributed by atoms with Gasteiger partial charge in [0.05, 0.1) is 10.0 Å². The van der Waals surface area contributed by atoms with E-state index in [4.69, 9.17) is 40.5 Å². The van der Waals surface area contributed by atoms with Gasteiger partial charge in [0.25, 0.3) is 0 Å². The topological polar surface area (TPSA) is 26.0 Å². The van der Waals surface area contributed by atoms with E-state index >= 15 is 0 Å². The van der Waals surface area contributed by atoms with Gasteiger partial charge in [0.15, 0.2) is 0 Å². The number of nitrogens with two attached hydrogens (primary N) is 1. The van der Waals surface area contributed by atoms with E-state index in [9.17, 15) is 0 Å². The smallest absolute Gasteiger partial charge is 0.0641 e. The number of rotatable bonds is 2. The maximum absolute atomic E-state index is 6.24. The first-order chi connectivity index (χ1) is 7.59. The molecule has 2 rings (SSSR count). The molecular weight excluding hydrogens is 300 g/mol. The predicted octanol–water partition coefficient (Wildman–Crippen LogP) is 5.26. The Balaban J connectivity index is 0.00000144. The molecule has 1 nitrogen and oxygen atoms in total. The van der Waals surface area contributed by atoms with Gasteiger partial charge in [-0.2, -0.15) is 0 Å². The van der Waals surface area contributed by atoms with E-state index in [-0.39, 0.29) is 18.4 Å². The molecule has 0 aromatic heterocycles. The van der Waals surface area contributed by atoms with E-state index in [1.165, 1.54) is 25.7 Å². The van der Waals surface area contributed by atoms with Gasteiger partial charge in [0, 0.05) is 11.1 Å². The van der Waals surface area contributed by atoms with Gasteiger partial charge in [-0.1, -0.05) is 47.6 Å². The second kappa shape index (κ2) is 6.49. The van der Waals surface area contributed by atoms with Gasteiger partial charge in [-0.3, -0.25) is 0 Å². The van der Waals surface area contributed by atoms with E-state index in [0.29, 0.717) is 21.0 Å². The predicted molar refractivity (Wildman–Crippen MR) is 77.6 cm³/mol. The summed E-state index contributed by atoms with van der Waals surface area (Å²) in [4.78, 5) is 0. The van der Waals surface area contributed by atoms with E-state index in [1.54, 1.807) is 6.07 Å². The first kappa shape index (κ1) is 15.4. The van der Waals surface area contributed by atoms with Crippen molar-refractivity contribution in [2.45, 2.75) is 31.7 Å². The molecule has 0 bridgehead atoms. The summed E-state index contributed by atoms with van der Waals surface area (Å²) < 4.78 is 0. The largest absolute Gasteiger partial charge is 0.324 e. The summed E-state index contributed by atoms with van der Waals surface area (Å²) in [7, 11) is 0. The standard InChI is InChI=1S/C12H14Cl3N.ClH/c13-8-5-9(11(15)10(14)6-8)12(16)7-3-1-2-4-7;/h5-7,12H,1-4,16H2;1H/t12-;/m1./s1. The Morgan fingerprint density at radius 2 is 1.71 bits per heavy atom. The van der Waals surface area contributed by atoms with E-state index in [0.717, 1.165) is 5.56 Å². The molecule has 1 fully saturated rings. The molecule has 1 aliphatic rings. The van der Waals surface area contributed by atoms with Crippen LogP contribution in [0.2, 0.25) is 15.1 Å². The molecule has 17 heavy (non-hydrogen) atoms. The molecule has 0 spiro atoms. The summed E-state index contributed by atoms with van der Waals surface area (Å²) in [6.07, 6.45) is 4.85. The van der Waals surface area contributed by atoms with Crippen LogP contribution in [-0.4, -0.2) is 0 Å². The fraction of sp³-hybridized carbons (Fsp3) is 0.500. The highest BCUT2D eigenvalue weighted by molar-refractivity contribution is 6.43. The van der Waals surface area contributed by atoms with Crippen LogP contribution >= 0.6 is 47.2 Å². The van der Waals surface area contributed by atoms with E-state index in [2.05, 4.69) is 0 Å². The zero-order chi connectivity index (χ0) is 11.7. The molecule has 1 aromatic carbocycles. The molecule has 2 N–H and O–H groups in total. The lowest BCUT2D eigenvalue weighted by Crippen LogP contribution is -2.19. The molecule has 0 amide bonds. The summed E-state index contributed by atoms with van der Waals surface area (Å²) in [5.74, 6) is 0.507. The van der Waals surface area contributed by atoms with Gasteiger partial charge >= 0.3 is 0 Å². The second-order valence-corrected chi connectivity index (χ2v) is 5.58. The highest BCUT2D eigenvalue weighted by atomic mass is 35.5. The van der Waals surface area contributed by atoms with Crippen LogP contribution in [0, 0.1) is 5.92 Å². The minimum atomic E-state index is -0.0498. The van der Waals surface area contributed by atoms with Crippen molar-refractivity contribution < 1.29 is 0 Å². The highest BCUT2D eigenvalue weighted by Crippen LogP contribution is 2.39. The third-order valence-corrected chi connectivity index (χ3v) is 4.32. The normalized spacial score (nSPS) is 17.9. The Morgan fingerprint density at radius 3 is 2.29 bits per heavy atom. The Kier molecular flexibility index (Phi) is 5.88. The minimum Gasteiger partial charge on any atom is -0.324 e. The Hall–Kier alpha value is 0.340. The third kappa shape index (κ3) is 3.42. The third-order valence-electron chi connectivity index (χ3n) is 3.29. The summed E-state index contributed by atoms with van der Waals surface area (Å²) >= 11 is 18.1. The number of benzene rings is 1. The van der Waals surface area contributed by atoms with Crippen molar-refractivity contribution in [3.05, 3.63) is 32.8 Å². The van der Waals surface area contributed by atoms with Crippen molar-refractivity contribution in [2.75, 3.05) is 0 Å². The van der Waals surface area contributed by atoms with Gasteiger partial charge in [0.1, 0.15) is 0 Å². The maximum Gasteiger partial charge on any atom is 0.0641 e. The fourth-order valence-electron chi connectivity index (χ4n) is 2.39. The first-order valence-corrected chi connectivity index (χ1v) is 6.63. The maximum atomic E-state index is 6.24. The van der Waals surface area contributed by atoms with Crippen LogP contribution < -0.4 is 5.73 Å². The van der Waals surface area contributed by atoms with Gasteiger partial charge in [-0.15, -0.1) is 12.4 Å². The molecule has 0 heterocycles. The van der Waals surface area contributed by atoms with Crippen molar-refractivity contribution in [1.82, 2.24) is 0 Å². The first-order valence-electron chi connectivity index (χ1n) is 5.49. The molecule has 5 heteroatoms. The lowest BCUT2D eigenvalue weighted by atomic mass is 9.92. The molecule has 0 aliphatic heterocycles. The van der Waals surface area contributed by atoms with Crippen LogP contribution in [0.1, 0.15) is 37.3 Å². The van der Waals surface area contributed by atoms with Gasteiger partial charge in [0.2, 0.25) is 0 Å². The Morgan fingerprint density at radius 1 is 1.12 bits per heavy atom. The number of hydrogen-bond donors (Lipinski definition) is 1. The van der Waals surface area contributed by atoms with Crippen LogP contribution in [0.5, 0.6) is 0 Å². The molecule has 0 unspecified atom stereocenters. The summed E-state index contributed by atoms with van der Waals surface area (Å²) in [5, 5.41) is 1.63. The molecule has 1 aliphatic carbocycles. The van der Waals surface area contributed by atoms with Crippen LogP contribution in [-0.2, 0) is 0 Å². The molecule has 1 saturated carbocycles. The molecule has 1 atom stereocenters. The van der Waals surface area contributed by atoms with Crippen molar-refractivity contribution in [3.8, 4) is 0 Å². The second-order valence-electron chi connectivity index (χ2n) is 4.36. The highest BCUT2D eigenvalue weighted by Gasteiger charge is 2.25. The average Bonchev–Trinajstić information content (AvgIpc) is 2.75. The van der Waals surface area contributed by atoms with Crippen LogP contribution in [0.15, 0.2) is 12.1 Å². The van der Waals surface area contributed by atoms with Crippen LogP contribution in [0.4, 0.5) is 0 Å². The summed E-state index contributed by atoms with van der Waals surface area (Å²) in [5.41, 5.74) is 7.12. The van der Waals surface area contributed by atoms with Crippen molar-refractivity contribution >= 4 is 47.2 Å². The van der Waals surface area contributed by atoms with Gasteiger partial charge in [-0.25, -0.2) is 0 Å². The van der Waals surface area contributed by atoms with Crippen LogP contribution in [0.25, 0.3) is 0 Å². The molecular formula is C12H15Cl4N. The monoisotopic (exact) mass is 313 g/mol. The van der Waals surface area contributed by atoms with E-state index in [1.807, 2.05) is 6.07 Å². The Labute approximate surface area is 123 Å².